The Labute approximate surface area is 110 Å². The van der Waals surface area contributed by atoms with Crippen LogP contribution in [0.25, 0.3) is 0 Å². The molecule has 0 bridgehead atoms. The highest BCUT2D eigenvalue weighted by atomic mass is 16.6. The monoisotopic (exact) mass is 261 g/mol. The van der Waals surface area contributed by atoms with Crippen molar-refractivity contribution >= 4 is 18.1 Å². The number of carbonyl (C=O) groups excluding carboxylic acids is 2. The predicted octanol–water partition coefficient (Wildman–Crippen LogP) is 1.56. The second kappa shape index (κ2) is 4.60. The van der Waals surface area contributed by atoms with Gasteiger partial charge in [-0.05, 0) is 31.7 Å². The molecule has 1 aliphatic carbocycles. The van der Waals surface area contributed by atoms with E-state index in [2.05, 4.69) is 10.2 Å². The van der Waals surface area contributed by atoms with Crippen molar-refractivity contribution in [1.29, 1.82) is 0 Å². The fourth-order valence-corrected chi connectivity index (χ4v) is 2.83. The van der Waals surface area contributed by atoms with E-state index >= 15 is 0 Å². The topological polar surface area (TPSA) is 72.4 Å². The predicted molar refractivity (Wildman–Crippen MR) is 66.6 cm³/mol. The second-order valence-electron chi connectivity index (χ2n) is 5.21. The number of ether oxygens (including phenoxy) is 1. The molecule has 0 aromatic carbocycles. The van der Waals surface area contributed by atoms with Gasteiger partial charge in [-0.25, -0.2) is 4.79 Å². The standard InChI is InChI=1S/C13H15N3O3/c17-8-10-1-4-13(5-2-10)9-16(12(18)19-13)11-3-6-14-15-7-11/h3,6-8,10H,1-2,4-5,9H2/t10-,13-. The molecule has 1 aromatic heterocycles. The lowest BCUT2D eigenvalue weighted by Crippen LogP contribution is -2.38. The van der Waals surface area contributed by atoms with Gasteiger partial charge >= 0.3 is 6.09 Å². The zero-order chi connectivity index (χ0) is 13.3. The fraction of sp³-hybridized carbons (Fsp3) is 0.538. The minimum Gasteiger partial charge on any atom is -0.441 e. The van der Waals surface area contributed by atoms with Gasteiger partial charge in [0.15, 0.2) is 0 Å². The number of anilines is 1. The number of carbonyl (C=O) groups is 2. The van der Waals surface area contributed by atoms with Gasteiger partial charge in [-0.1, -0.05) is 0 Å². The maximum Gasteiger partial charge on any atom is 0.415 e. The number of aldehydes is 1. The van der Waals surface area contributed by atoms with Crippen LogP contribution in [-0.2, 0) is 9.53 Å². The van der Waals surface area contributed by atoms with Crippen molar-refractivity contribution in [2.45, 2.75) is 31.3 Å². The Bertz CT molecular complexity index is 483. The Hall–Kier alpha value is -1.98. The molecular weight excluding hydrogens is 246 g/mol. The van der Waals surface area contributed by atoms with Crippen LogP contribution in [0, 0.1) is 5.92 Å². The molecule has 1 aliphatic heterocycles. The van der Waals surface area contributed by atoms with E-state index in [-0.39, 0.29) is 12.0 Å². The van der Waals surface area contributed by atoms with Crippen molar-refractivity contribution in [3.63, 3.8) is 0 Å². The molecule has 6 nitrogen and oxygen atoms in total. The third kappa shape index (κ3) is 2.18. The molecule has 3 rings (SSSR count). The molecule has 0 radical (unpaired) electrons. The van der Waals surface area contributed by atoms with Crippen molar-refractivity contribution in [3.8, 4) is 0 Å². The van der Waals surface area contributed by atoms with Crippen LogP contribution in [0.5, 0.6) is 0 Å². The normalized spacial score (nSPS) is 30.4. The number of nitrogens with zero attached hydrogens (tertiary/aromatic N) is 3. The maximum absolute atomic E-state index is 12.0. The molecule has 2 aliphatic rings. The molecule has 19 heavy (non-hydrogen) atoms. The van der Waals surface area contributed by atoms with Crippen LogP contribution in [0.15, 0.2) is 18.5 Å². The van der Waals surface area contributed by atoms with Gasteiger partial charge in [0.25, 0.3) is 0 Å². The van der Waals surface area contributed by atoms with Gasteiger partial charge in [0.05, 0.1) is 24.6 Å². The number of aromatic nitrogens is 2. The Morgan fingerprint density at radius 1 is 1.37 bits per heavy atom. The summed E-state index contributed by atoms with van der Waals surface area (Å²) in [5, 5.41) is 7.48. The fourth-order valence-electron chi connectivity index (χ4n) is 2.83. The smallest absolute Gasteiger partial charge is 0.415 e. The van der Waals surface area contributed by atoms with E-state index < -0.39 is 5.60 Å². The number of hydrogen-bond acceptors (Lipinski definition) is 5. The summed E-state index contributed by atoms with van der Waals surface area (Å²) in [6, 6.07) is 1.74. The third-order valence-corrected chi connectivity index (χ3v) is 3.98. The highest BCUT2D eigenvalue weighted by Gasteiger charge is 2.47. The molecular formula is C13H15N3O3. The lowest BCUT2D eigenvalue weighted by molar-refractivity contribution is -0.113. The van der Waals surface area contributed by atoms with E-state index in [0.717, 1.165) is 32.0 Å². The van der Waals surface area contributed by atoms with E-state index in [4.69, 9.17) is 4.74 Å². The van der Waals surface area contributed by atoms with Crippen LogP contribution in [0.1, 0.15) is 25.7 Å². The highest BCUT2D eigenvalue weighted by molar-refractivity contribution is 5.90. The van der Waals surface area contributed by atoms with Crippen molar-refractivity contribution < 1.29 is 14.3 Å². The molecule has 100 valence electrons. The van der Waals surface area contributed by atoms with E-state index in [9.17, 15) is 9.59 Å². The number of hydrogen-bond donors (Lipinski definition) is 0. The quantitative estimate of drug-likeness (QED) is 0.755. The number of rotatable bonds is 2. The average Bonchev–Trinajstić information content (AvgIpc) is 2.77. The zero-order valence-corrected chi connectivity index (χ0v) is 10.5. The summed E-state index contributed by atoms with van der Waals surface area (Å²) in [6.07, 6.45) is 6.85. The SMILES string of the molecule is O=C[C@H]1CC[C@]2(CC1)CN(c1ccnnc1)C(=O)O2. The van der Waals surface area contributed by atoms with Crippen LogP contribution in [0.3, 0.4) is 0 Å². The largest absolute Gasteiger partial charge is 0.441 e. The molecule has 1 aromatic rings. The van der Waals surface area contributed by atoms with Gasteiger partial charge in [0.2, 0.25) is 0 Å². The third-order valence-electron chi connectivity index (χ3n) is 3.98. The number of amides is 1. The highest BCUT2D eigenvalue weighted by Crippen LogP contribution is 2.39. The molecule has 2 heterocycles. The summed E-state index contributed by atoms with van der Waals surface area (Å²) < 4.78 is 5.57. The Kier molecular flexibility index (Phi) is 2.93. The van der Waals surface area contributed by atoms with Crippen molar-refractivity contribution in [1.82, 2.24) is 10.2 Å². The maximum atomic E-state index is 12.0. The van der Waals surface area contributed by atoms with Crippen molar-refractivity contribution in [2.75, 3.05) is 11.4 Å². The first-order valence-corrected chi connectivity index (χ1v) is 6.45. The minimum atomic E-state index is -0.431. The van der Waals surface area contributed by atoms with Gasteiger partial charge in [0, 0.05) is 5.92 Å². The lowest BCUT2D eigenvalue weighted by atomic mass is 9.79. The molecule has 2 fully saturated rings. The van der Waals surface area contributed by atoms with Gasteiger partial charge in [-0.3, -0.25) is 4.90 Å². The van der Waals surface area contributed by atoms with Crippen molar-refractivity contribution in [2.24, 2.45) is 5.92 Å². The van der Waals surface area contributed by atoms with E-state index in [0.29, 0.717) is 12.2 Å². The first-order chi connectivity index (χ1) is 9.22. The Morgan fingerprint density at radius 2 is 2.16 bits per heavy atom. The van der Waals surface area contributed by atoms with E-state index in [1.54, 1.807) is 23.4 Å². The summed E-state index contributed by atoms with van der Waals surface area (Å²) >= 11 is 0. The second-order valence-corrected chi connectivity index (χ2v) is 5.21. The first kappa shape index (κ1) is 12.1. The molecule has 0 atom stereocenters. The molecule has 1 saturated heterocycles. The van der Waals surface area contributed by atoms with Crippen LogP contribution in [-0.4, -0.2) is 34.7 Å². The van der Waals surface area contributed by atoms with Gasteiger partial charge in [0.1, 0.15) is 11.9 Å². The summed E-state index contributed by atoms with van der Waals surface area (Å²) in [5.41, 5.74) is 0.272. The van der Waals surface area contributed by atoms with E-state index in [1.165, 1.54) is 0 Å². The first-order valence-electron chi connectivity index (χ1n) is 6.45. The molecule has 1 amide bonds. The summed E-state index contributed by atoms with van der Waals surface area (Å²) in [7, 11) is 0. The van der Waals surface area contributed by atoms with Crippen LogP contribution in [0.2, 0.25) is 0 Å². The summed E-state index contributed by atoms with van der Waals surface area (Å²) in [6.45, 7) is 0.531. The van der Waals surface area contributed by atoms with Crippen LogP contribution >= 0.6 is 0 Å². The Morgan fingerprint density at radius 3 is 2.79 bits per heavy atom. The Balaban J connectivity index is 1.75. The molecule has 1 spiro atoms. The van der Waals surface area contributed by atoms with Gasteiger partial charge in [-0.2, -0.15) is 10.2 Å². The molecule has 1 saturated carbocycles. The molecule has 6 heteroatoms. The lowest BCUT2D eigenvalue weighted by Gasteiger charge is -2.33. The summed E-state index contributed by atoms with van der Waals surface area (Å²) in [4.78, 5) is 24.4. The van der Waals surface area contributed by atoms with Crippen LogP contribution in [0.4, 0.5) is 10.5 Å². The zero-order valence-electron chi connectivity index (χ0n) is 10.5. The van der Waals surface area contributed by atoms with Crippen molar-refractivity contribution in [3.05, 3.63) is 18.5 Å². The van der Waals surface area contributed by atoms with Gasteiger partial charge in [-0.15, -0.1) is 0 Å². The van der Waals surface area contributed by atoms with E-state index in [1.807, 2.05) is 0 Å². The summed E-state index contributed by atoms with van der Waals surface area (Å²) in [5.74, 6) is 0.112. The minimum absolute atomic E-state index is 0.112. The van der Waals surface area contributed by atoms with Gasteiger partial charge < -0.3 is 9.53 Å². The molecule has 0 unspecified atom stereocenters. The van der Waals surface area contributed by atoms with Crippen LogP contribution < -0.4 is 4.90 Å². The average molecular weight is 261 g/mol. The molecule has 0 N–H and O–H groups in total.